The molecular weight excluding hydrogens is 244 g/mol. The van der Waals surface area contributed by atoms with Gasteiger partial charge in [-0.2, -0.15) is 0 Å². The van der Waals surface area contributed by atoms with Crippen molar-refractivity contribution >= 4 is 17.3 Å². The number of carbonyl (C=O) groups excluding carboxylic acids is 1. The van der Waals surface area contributed by atoms with E-state index in [-0.39, 0.29) is 12.0 Å². The zero-order valence-electron chi connectivity index (χ0n) is 12.0. The molecule has 0 aliphatic carbocycles. The molecule has 19 heavy (non-hydrogen) atoms. The maximum Gasteiger partial charge on any atom is 0.337 e. The molecule has 5 nitrogen and oxygen atoms in total. The third-order valence-electron chi connectivity index (χ3n) is 2.92. The second kappa shape index (κ2) is 6.99. The van der Waals surface area contributed by atoms with Gasteiger partial charge in [0.1, 0.15) is 0 Å². The molecule has 0 aliphatic rings. The number of esters is 1. The predicted octanol–water partition coefficient (Wildman–Crippen LogP) is 1.92. The maximum absolute atomic E-state index is 11.6. The summed E-state index contributed by atoms with van der Waals surface area (Å²) in [4.78, 5) is 13.7. The van der Waals surface area contributed by atoms with Crippen LogP contribution in [0, 0.1) is 0 Å². The topological polar surface area (TPSA) is 64.8 Å². The van der Waals surface area contributed by atoms with Crippen LogP contribution in [0.2, 0.25) is 0 Å². The van der Waals surface area contributed by atoms with Crippen LogP contribution in [0.1, 0.15) is 24.2 Å². The number of ether oxygens (including phenoxy) is 2. The molecule has 0 saturated carbocycles. The average molecular weight is 266 g/mol. The standard InChI is InChI=1S/C14H22N2O3/c1-10(2)16(7-8-18-3)13-9-11(14(17)19-4)5-6-12(13)15/h5-6,9-10H,7-8,15H2,1-4H3. The van der Waals surface area contributed by atoms with Crippen molar-refractivity contribution < 1.29 is 14.3 Å². The quantitative estimate of drug-likeness (QED) is 0.629. The van der Waals surface area contributed by atoms with Gasteiger partial charge in [-0.05, 0) is 32.0 Å². The molecule has 2 N–H and O–H groups in total. The van der Waals surface area contributed by atoms with E-state index >= 15 is 0 Å². The van der Waals surface area contributed by atoms with Crippen molar-refractivity contribution in [3.8, 4) is 0 Å². The van der Waals surface area contributed by atoms with Crippen molar-refractivity contribution in [3.05, 3.63) is 23.8 Å². The lowest BCUT2D eigenvalue weighted by Crippen LogP contribution is -2.34. The van der Waals surface area contributed by atoms with Gasteiger partial charge in [-0.15, -0.1) is 0 Å². The zero-order valence-corrected chi connectivity index (χ0v) is 12.0. The molecule has 106 valence electrons. The highest BCUT2D eigenvalue weighted by atomic mass is 16.5. The van der Waals surface area contributed by atoms with E-state index in [4.69, 9.17) is 15.2 Å². The van der Waals surface area contributed by atoms with Gasteiger partial charge in [0.2, 0.25) is 0 Å². The van der Waals surface area contributed by atoms with Gasteiger partial charge in [0, 0.05) is 19.7 Å². The summed E-state index contributed by atoms with van der Waals surface area (Å²) >= 11 is 0. The first-order valence-electron chi connectivity index (χ1n) is 6.24. The van der Waals surface area contributed by atoms with Gasteiger partial charge in [0.15, 0.2) is 0 Å². The minimum Gasteiger partial charge on any atom is -0.465 e. The first kappa shape index (κ1) is 15.3. The minimum atomic E-state index is -0.364. The first-order valence-corrected chi connectivity index (χ1v) is 6.24. The largest absolute Gasteiger partial charge is 0.465 e. The van der Waals surface area contributed by atoms with E-state index in [1.807, 2.05) is 0 Å². The number of nitrogens with two attached hydrogens (primary N) is 1. The lowest BCUT2D eigenvalue weighted by atomic mass is 10.1. The van der Waals surface area contributed by atoms with Crippen molar-refractivity contribution in [2.45, 2.75) is 19.9 Å². The molecule has 0 saturated heterocycles. The first-order chi connectivity index (χ1) is 9.01. The smallest absolute Gasteiger partial charge is 0.337 e. The Balaban J connectivity index is 3.10. The lowest BCUT2D eigenvalue weighted by Gasteiger charge is -2.30. The Hall–Kier alpha value is -1.75. The molecule has 0 atom stereocenters. The summed E-state index contributed by atoms with van der Waals surface area (Å²) in [6.45, 7) is 5.45. The monoisotopic (exact) mass is 266 g/mol. The van der Waals surface area contributed by atoms with Crippen LogP contribution in [0.5, 0.6) is 0 Å². The van der Waals surface area contributed by atoms with Crippen LogP contribution in [0.25, 0.3) is 0 Å². The van der Waals surface area contributed by atoms with Gasteiger partial charge in [-0.1, -0.05) is 0 Å². The molecule has 0 heterocycles. The molecule has 1 rings (SSSR count). The van der Waals surface area contributed by atoms with E-state index < -0.39 is 0 Å². The third kappa shape index (κ3) is 3.86. The van der Waals surface area contributed by atoms with Crippen molar-refractivity contribution in [1.29, 1.82) is 0 Å². The number of benzene rings is 1. The van der Waals surface area contributed by atoms with Crippen LogP contribution in [0.4, 0.5) is 11.4 Å². The summed E-state index contributed by atoms with van der Waals surface area (Å²) in [5.41, 5.74) is 7.97. The van der Waals surface area contributed by atoms with E-state index in [2.05, 4.69) is 18.7 Å². The van der Waals surface area contributed by atoms with E-state index in [0.717, 1.165) is 5.69 Å². The highest BCUT2D eigenvalue weighted by Crippen LogP contribution is 2.26. The van der Waals surface area contributed by atoms with Gasteiger partial charge in [0.05, 0.1) is 30.7 Å². The van der Waals surface area contributed by atoms with Gasteiger partial charge < -0.3 is 20.1 Å². The Labute approximate surface area is 114 Å². The Morgan fingerprint density at radius 3 is 2.58 bits per heavy atom. The Kier molecular flexibility index (Phi) is 5.63. The molecule has 1 aromatic carbocycles. The van der Waals surface area contributed by atoms with Crippen LogP contribution in [-0.4, -0.2) is 39.4 Å². The SMILES string of the molecule is COCCN(c1cc(C(=O)OC)ccc1N)C(C)C. The average Bonchev–Trinajstić information content (AvgIpc) is 2.39. The van der Waals surface area contributed by atoms with Gasteiger partial charge >= 0.3 is 5.97 Å². The minimum absolute atomic E-state index is 0.255. The second-order valence-corrected chi connectivity index (χ2v) is 4.55. The Bertz CT molecular complexity index is 433. The number of nitrogens with zero attached hydrogens (tertiary/aromatic N) is 1. The fraction of sp³-hybridized carbons (Fsp3) is 0.500. The normalized spacial score (nSPS) is 10.6. The van der Waals surface area contributed by atoms with E-state index in [1.165, 1.54) is 7.11 Å². The lowest BCUT2D eigenvalue weighted by molar-refractivity contribution is 0.0601. The van der Waals surface area contributed by atoms with Crippen molar-refractivity contribution in [2.75, 3.05) is 38.0 Å². The van der Waals surface area contributed by atoms with Crippen molar-refractivity contribution in [2.24, 2.45) is 0 Å². The number of nitrogen functional groups attached to an aromatic ring is 1. The molecule has 0 spiro atoms. The highest BCUT2D eigenvalue weighted by molar-refractivity contribution is 5.92. The Morgan fingerprint density at radius 2 is 2.05 bits per heavy atom. The van der Waals surface area contributed by atoms with Crippen molar-refractivity contribution in [3.63, 3.8) is 0 Å². The fourth-order valence-corrected chi connectivity index (χ4v) is 1.88. The number of carbonyl (C=O) groups is 1. The molecule has 0 fully saturated rings. The number of hydrogen-bond donors (Lipinski definition) is 1. The fourth-order valence-electron chi connectivity index (χ4n) is 1.88. The summed E-state index contributed by atoms with van der Waals surface area (Å²) in [5.74, 6) is -0.364. The Morgan fingerprint density at radius 1 is 1.37 bits per heavy atom. The molecule has 1 aromatic rings. The highest BCUT2D eigenvalue weighted by Gasteiger charge is 2.16. The second-order valence-electron chi connectivity index (χ2n) is 4.55. The molecule has 0 radical (unpaired) electrons. The third-order valence-corrected chi connectivity index (χ3v) is 2.92. The summed E-state index contributed by atoms with van der Waals surface area (Å²) in [6.07, 6.45) is 0. The number of hydrogen-bond acceptors (Lipinski definition) is 5. The van der Waals surface area contributed by atoms with Gasteiger partial charge in [-0.3, -0.25) is 0 Å². The molecule has 5 heteroatoms. The van der Waals surface area contributed by atoms with E-state index in [1.54, 1.807) is 25.3 Å². The molecule has 0 aromatic heterocycles. The predicted molar refractivity (Wildman–Crippen MR) is 76.6 cm³/mol. The molecule has 0 amide bonds. The molecule has 0 unspecified atom stereocenters. The van der Waals surface area contributed by atoms with Crippen LogP contribution in [-0.2, 0) is 9.47 Å². The zero-order chi connectivity index (χ0) is 14.4. The number of anilines is 2. The molecule has 0 aliphatic heterocycles. The van der Waals surface area contributed by atoms with E-state index in [0.29, 0.717) is 24.4 Å². The van der Waals surface area contributed by atoms with Gasteiger partial charge in [0.25, 0.3) is 0 Å². The van der Waals surface area contributed by atoms with Crippen LogP contribution in [0.3, 0.4) is 0 Å². The molecule has 0 bridgehead atoms. The molecular formula is C14H22N2O3. The van der Waals surface area contributed by atoms with Crippen molar-refractivity contribution in [1.82, 2.24) is 0 Å². The van der Waals surface area contributed by atoms with Crippen LogP contribution < -0.4 is 10.6 Å². The summed E-state index contributed by atoms with van der Waals surface area (Å²) in [6, 6.07) is 5.41. The van der Waals surface area contributed by atoms with E-state index in [9.17, 15) is 4.79 Å². The van der Waals surface area contributed by atoms with Crippen LogP contribution in [0.15, 0.2) is 18.2 Å². The number of rotatable bonds is 6. The van der Waals surface area contributed by atoms with Crippen LogP contribution >= 0.6 is 0 Å². The van der Waals surface area contributed by atoms with Gasteiger partial charge in [-0.25, -0.2) is 4.79 Å². The summed E-state index contributed by atoms with van der Waals surface area (Å²) < 4.78 is 9.84. The maximum atomic E-state index is 11.6. The summed E-state index contributed by atoms with van der Waals surface area (Å²) in [5, 5.41) is 0. The summed E-state index contributed by atoms with van der Waals surface area (Å²) in [7, 11) is 3.02. The number of methoxy groups -OCH3 is 2.